The average molecular weight is 345 g/mol. The molecule has 1 aromatic heterocycles. The van der Waals surface area contributed by atoms with Crippen LogP contribution in [-0.4, -0.2) is 24.5 Å². The highest BCUT2D eigenvalue weighted by atomic mass is 79.9. The van der Waals surface area contributed by atoms with Crippen LogP contribution in [0.1, 0.15) is 5.56 Å². The third kappa shape index (κ3) is 5.11. The number of nitrogens with zero attached hydrogens (tertiary/aromatic N) is 2. The maximum atomic E-state index is 12.5. The lowest BCUT2D eigenvalue weighted by Crippen LogP contribution is -2.22. The molecule has 0 aliphatic rings. The van der Waals surface area contributed by atoms with Gasteiger partial charge in [-0.1, -0.05) is 19.6 Å². The Morgan fingerprint density at radius 3 is 2.44 bits per heavy atom. The number of alkyl halides is 3. The van der Waals surface area contributed by atoms with E-state index in [9.17, 15) is 13.2 Å². The number of rotatable bonds is 5. The van der Waals surface area contributed by atoms with Gasteiger partial charge in [-0.3, -0.25) is 0 Å². The van der Waals surface area contributed by atoms with Crippen molar-refractivity contribution in [2.24, 2.45) is 0 Å². The molecule has 0 fully saturated rings. The molecule has 0 atom stereocenters. The lowest BCUT2D eigenvalue weighted by atomic mass is 10.4. The molecule has 0 saturated carbocycles. The Morgan fingerprint density at radius 1 is 1.39 bits per heavy atom. The second kappa shape index (κ2) is 5.75. The van der Waals surface area contributed by atoms with Gasteiger partial charge in [0.1, 0.15) is 16.9 Å². The summed E-state index contributed by atoms with van der Waals surface area (Å²) in [5.74, 6) is 0. The third-order valence-electron chi connectivity index (χ3n) is 2.24. The summed E-state index contributed by atoms with van der Waals surface area (Å²) >= 11 is 2.79. The predicted octanol–water partition coefficient (Wildman–Crippen LogP) is 3.98. The summed E-state index contributed by atoms with van der Waals surface area (Å²) in [6.45, 7) is 7.22. The minimum atomic E-state index is -4.39. The minimum absolute atomic E-state index is 0.0408. The first-order valence-electron chi connectivity index (χ1n) is 5.47. The fourth-order valence-electron chi connectivity index (χ4n) is 1.19. The Balaban J connectivity index is 2.50. The van der Waals surface area contributed by atoms with Crippen molar-refractivity contribution in [3.8, 4) is 0 Å². The number of halogens is 4. The van der Waals surface area contributed by atoms with E-state index in [4.69, 9.17) is 4.74 Å². The maximum absolute atomic E-state index is 12.5. The second-order valence-electron chi connectivity index (χ2n) is 5.22. The van der Waals surface area contributed by atoms with Crippen LogP contribution in [0.25, 0.3) is 0 Å². The van der Waals surface area contributed by atoms with Gasteiger partial charge in [-0.2, -0.15) is 18.3 Å². The minimum Gasteiger partial charge on any atom is -0.360 e. The van der Waals surface area contributed by atoms with E-state index in [2.05, 4.69) is 40.7 Å². The van der Waals surface area contributed by atoms with E-state index in [1.165, 1.54) is 0 Å². The normalized spacial score (nSPS) is 13.1. The van der Waals surface area contributed by atoms with E-state index >= 15 is 0 Å². The van der Waals surface area contributed by atoms with Crippen molar-refractivity contribution in [2.45, 2.75) is 38.6 Å². The van der Waals surface area contributed by atoms with Crippen LogP contribution in [0, 0.1) is 0 Å². The molecule has 0 N–H and O–H groups in total. The molecule has 0 unspecified atom stereocenters. The van der Waals surface area contributed by atoms with Crippen LogP contribution in [0.15, 0.2) is 10.8 Å². The lowest BCUT2D eigenvalue weighted by Gasteiger charge is -2.15. The topological polar surface area (TPSA) is 27.1 Å². The largest absolute Gasteiger partial charge is 0.420 e. The van der Waals surface area contributed by atoms with E-state index in [1.54, 1.807) is 0 Å². The Morgan fingerprint density at radius 2 is 2.00 bits per heavy atom. The fourth-order valence-corrected chi connectivity index (χ4v) is 2.48. The zero-order valence-corrected chi connectivity index (χ0v) is 13.1. The molecule has 18 heavy (non-hydrogen) atoms. The number of hydrogen-bond acceptors (Lipinski definition) is 2. The summed E-state index contributed by atoms with van der Waals surface area (Å²) < 4.78 is 43.7. The van der Waals surface area contributed by atoms with Crippen molar-refractivity contribution >= 4 is 24.0 Å². The van der Waals surface area contributed by atoms with Crippen molar-refractivity contribution in [1.82, 2.24) is 9.78 Å². The third-order valence-corrected chi connectivity index (χ3v) is 4.53. The average Bonchev–Trinajstić information content (AvgIpc) is 2.52. The van der Waals surface area contributed by atoms with E-state index in [1.807, 2.05) is 0 Å². The molecule has 0 amide bonds. The Labute approximate surface area is 113 Å². The van der Waals surface area contributed by atoms with Crippen LogP contribution in [0.2, 0.25) is 25.7 Å². The van der Waals surface area contributed by atoms with Gasteiger partial charge in [-0.15, -0.1) is 0 Å². The number of ether oxygens (including phenoxy) is 1. The lowest BCUT2D eigenvalue weighted by molar-refractivity contribution is -0.138. The van der Waals surface area contributed by atoms with Crippen molar-refractivity contribution in [3.05, 3.63) is 16.4 Å². The summed E-state index contributed by atoms with van der Waals surface area (Å²) in [6, 6.07) is 0.974. The quantitative estimate of drug-likeness (QED) is 0.596. The molecule has 0 aliphatic heterocycles. The number of aromatic nitrogens is 2. The molecule has 3 nitrogen and oxygen atoms in total. The first-order valence-corrected chi connectivity index (χ1v) is 9.97. The van der Waals surface area contributed by atoms with Gasteiger partial charge in [0, 0.05) is 20.9 Å². The first-order chi connectivity index (χ1) is 8.09. The zero-order chi connectivity index (χ0) is 14.0. The Kier molecular flexibility index (Phi) is 5.02. The van der Waals surface area contributed by atoms with Crippen molar-refractivity contribution in [3.63, 3.8) is 0 Å². The Hall–Kier alpha value is -0.343. The van der Waals surface area contributed by atoms with Crippen molar-refractivity contribution < 1.29 is 17.9 Å². The van der Waals surface area contributed by atoms with Gasteiger partial charge in [0.05, 0.1) is 0 Å². The Bertz CT molecular complexity index is 401. The van der Waals surface area contributed by atoms with Gasteiger partial charge in [0.2, 0.25) is 0 Å². The molecule has 0 radical (unpaired) electrons. The van der Waals surface area contributed by atoms with Gasteiger partial charge in [-0.05, 0) is 22.0 Å². The maximum Gasteiger partial charge on any atom is 0.420 e. The van der Waals surface area contributed by atoms with Crippen LogP contribution in [-0.2, 0) is 17.6 Å². The van der Waals surface area contributed by atoms with Crippen LogP contribution >= 0.6 is 15.9 Å². The highest BCUT2D eigenvalue weighted by Gasteiger charge is 2.35. The number of hydrogen-bond donors (Lipinski definition) is 0. The summed E-state index contributed by atoms with van der Waals surface area (Å²) in [6.07, 6.45) is -3.45. The molecule has 1 rings (SSSR count). The monoisotopic (exact) mass is 344 g/mol. The van der Waals surface area contributed by atoms with Gasteiger partial charge >= 0.3 is 6.18 Å². The van der Waals surface area contributed by atoms with Crippen LogP contribution in [0.3, 0.4) is 0 Å². The van der Waals surface area contributed by atoms with Crippen molar-refractivity contribution in [2.75, 3.05) is 6.61 Å². The molecule has 1 aromatic rings. The summed E-state index contributed by atoms with van der Waals surface area (Å²) in [5.41, 5.74) is -0.781. The molecular formula is C10H16BrF3N2OSi. The fraction of sp³-hybridized carbons (Fsp3) is 0.700. The van der Waals surface area contributed by atoms with Gasteiger partial charge in [-0.25, -0.2) is 4.68 Å². The molecule has 0 aromatic carbocycles. The molecule has 0 spiro atoms. The van der Waals surface area contributed by atoms with E-state index in [0.29, 0.717) is 6.61 Å². The van der Waals surface area contributed by atoms with E-state index in [0.717, 1.165) is 16.9 Å². The molecular weight excluding hydrogens is 329 g/mol. The molecule has 0 saturated heterocycles. The van der Waals surface area contributed by atoms with E-state index < -0.39 is 19.8 Å². The zero-order valence-electron chi connectivity index (χ0n) is 10.5. The summed E-state index contributed by atoms with van der Waals surface area (Å²) in [4.78, 5) is 0. The van der Waals surface area contributed by atoms with Crippen molar-refractivity contribution in [1.29, 1.82) is 0 Å². The molecule has 8 heteroatoms. The predicted molar refractivity (Wildman–Crippen MR) is 69.0 cm³/mol. The SMILES string of the molecule is C[Si](C)(C)CCOCn1cc(C(F)(F)F)c(Br)n1. The molecule has 1 heterocycles. The first kappa shape index (κ1) is 15.7. The van der Waals surface area contributed by atoms with Gasteiger partial charge in [0.25, 0.3) is 0 Å². The van der Waals surface area contributed by atoms with Crippen LogP contribution in [0.5, 0.6) is 0 Å². The van der Waals surface area contributed by atoms with Gasteiger partial charge in [0.15, 0.2) is 0 Å². The highest BCUT2D eigenvalue weighted by Crippen LogP contribution is 2.33. The van der Waals surface area contributed by atoms with E-state index in [-0.39, 0.29) is 11.3 Å². The molecule has 104 valence electrons. The van der Waals surface area contributed by atoms with Crippen LogP contribution < -0.4 is 0 Å². The second-order valence-corrected chi connectivity index (χ2v) is 11.6. The smallest absolute Gasteiger partial charge is 0.360 e. The standard InChI is InChI=1S/C10H16BrF3N2OSi/c1-18(2,3)5-4-17-7-16-6-8(9(11)15-16)10(12,13)14/h6H,4-5,7H2,1-3H3. The summed E-state index contributed by atoms with van der Waals surface area (Å²) in [5, 5.41) is 3.71. The molecule has 0 aliphatic carbocycles. The summed E-state index contributed by atoms with van der Waals surface area (Å²) in [7, 11) is -1.17. The van der Waals surface area contributed by atoms with Gasteiger partial charge < -0.3 is 4.74 Å². The molecule has 0 bridgehead atoms. The van der Waals surface area contributed by atoms with Crippen LogP contribution in [0.4, 0.5) is 13.2 Å². The highest BCUT2D eigenvalue weighted by molar-refractivity contribution is 9.10.